The first-order chi connectivity index (χ1) is 18.6. The van der Waals surface area contributed by atoms with Crippen LogP contribution in [-0.2, 0) is 6.42 Å². The molecule has 0 amide bonds. The van der Waals surface area contributed by atoms with E-state index in [1.165, 1.54) is 30.6 Å². The molecule has 2 aromatic heterocycles. The number of nitrogens with zero attached hydrogens (tertiary/aromatic N) is 1. The van der Waals surface area contributed by atoms with Gasteiger partial charge in [-0.15, -0.1) is 0 Å². The predicted octanol–water partition coefficient (Wildman–Crippen LogP) is 8.31. The van der Waals surface area contributed by atoms with E-state index in [0.717, 1.165) is 12.1 Å². The lowest BCUT2D eigenvalue weighted by Gasteiger charge is -2.16. The molecular formula is C30H25F4N3O2. The summed E-state index contributed by atoms with van der Waals surface area (Å²) in [5.74, 6) is -4.09. The van der Waals surface area contributed by atoms with Crippen LogP contribution in [0.15, 0.2) is 73.3 Å². The Kier molecular flexibility index (Phi) is 6.91. The number of aromatic amines is 2. The highest BCUT2D eigenvalue weighted by Gasteiger charge is 2.21. The van der Waals surface area contributed by atoms with Crippen LogP contribution in [0, 0.1) is 29.2 Å². The number of hydrogen-bond donors (Lipinski definition) is 3. The molecule has 200 valence electrons. The molecule has 0 saturated heterocycles. The van der Waals surface area contributed by atoms with Crippen molar-refractivity contribution in [2.45, 2.75) is 26.2 Å². The number of halogens is 4. The van der Waals surface area contributed by atoms with Gasteiger partial charge in [0, 0.05) is 41.4 Å². The summed E-state index contributed by atoms with van der Waals surface area (Å²) in [6, 6.07) is 11.3. The van der Waals surface area contributed by atoms with E-state index in [9.17, 15) is 18.3 Å². The van der Waals surface area contributed by atoms with Crippen LogP contribution in [0.4, 0.5) is 17.6 Å². The number of aliphatic hydroxyl groups is 1. The van der Waals surface area contributed by atoms with Gasteiger partial charge in [0.15, 0.2) is 17.4 Å². The summed E-state index contributed by atoms with van der Waals surface area (Å²) in [7, 11) is 0. The van der Waals surface area contributed by atoms with Crippen molar-refractivity contribution >= 4 is 10.9 Å². The van der Waals surface area contributed by atoms with Crippen LogP contribution < -0.4 is 4.74 Å². The van der Waals surface area contributed by atoms with Crippen molar-refractivity contribution in [3.05, 3.63) is 113 Å². The van der Waals surface area contributed by atoms with Gasteiger partial charge in [-0.05, 0) is 41.8 Å². The lowest BCUT2D eigenvalue weighted by atomic mass is 9.92. The molecule has 5 rings (SSSR count). The number of aromatic nitrogens is 3. The SMILES string of the molecule is C=C(O)C(C)Cc1cccc(C(C)c2cnc(-c3cc(Oc4c(F)cc5[nH]ccc5c4F)ccc3F)[nH]2)c1F. The summed E-state index contributed by atoms with van der Waals surface area (Å²) in [5, 5.41) is 9.77. The van der Waals surface area contributed by atoms with Crippen LogP contribution in [0.1, 0.15) is 36.6 Å². The highest BCUT2D eigenvalue weighted by molar-refractivity contribution is 5.82. The van der Waals surface area contributed by atoms with E-state index in [1.54, 1.807) is 32.0 Å². The standard InChI is InChI=1S/C30H25F4N3O2/c1-15(17(3)38)11-18-5-4-6-20(27(18)33)16(2)26-14-36-30(37-26)22-12-19(7-8-23(22)31)39-29-24(32)13-25-21(28(29)34)9-10-35-25/h4-10,12-16,35,38H,3,11H2,1-2H3,(H,36,37). The van der Waals surface area contributed by atoms with Gasteiger partial charge in [0.1, 0.15) is 23.2 Å². The van der Waals surface area contributed by atoms with Gasteiger partial charge in [0.25, 0.3) is 0 Å². The molecule has 0 radical (unpaired) electrons. The monoisotopic (exact) mass is 535 g/mol. The second-order valence-electron chi connectivity index (χ2n) is 9.51. The summed E-state index contributed by atoms with van der Waals surface area (Å²) < 4.78 is 65.0. The lowest BCUT2D eigenvalue weighted by Crippen LogP contribution is -2.07. The highest BCUT2D eigenvalue weighted by atomic mass is 19.1. The van der Waals surface area contributed by atoms with E-state index in [1.807, 2.05) is 0 Å². The van der Waals surface area contributed by atoms with E-state index < -0.39 is 34.9 Å². The molecule has 3 aromatic carbocycles. The van der Waals surface area contributed by atoms with E-state index in [4.69, 9.17) is 4.74 Å². The number of allylic oxidation sites excluding steroid dienone is 1. The third-order valence-electron chi connectivity index (χ3n) is 6.85. The number of hydrogen-bond acceptors (Lipinski definition) is 3. The zero-order chi connectivity index (χ0) is 27.8. The summed E-state index contributed by atoms with van der Waals surface area (Å²) in [5.41, 5.74) is 1.67. The predicted molar refractivity (Wildman–Crippen MR) is 141 cm³/mol. The first-order valence-corrected chi connectivity index (χ1v) is 12.3. The quantitative estimate of drug-likeness (QED) is 0.138. The van der Waals surface area contributed by atoms with Gasteiger partial charge >= 0.3 is 0 Å². The molecule has 0 bridgehead atoms. The molecule has 39 heavy (non-hydrogen) atoms. The van der Waals surface area contributed by atoms with Gasteiger partial charge in [-0.25, -0.2) is 22.5 Å². The number of rotatable bonds is 8. The van der Waals surface area contributed by atoms with E-state index >= 15 is 4.39 Å². The summed E-state index contributed by atoms with van der Waals surface area (Å²) in [6.07, 6.45) is 3.25. The molecule has 0 spiro atoms. The molecule has 0 fully saturated rings. The van der Waals surface area contributed by atoms with Crippen molar-refractivity contribution in [2.75, 3.05) is 0 Å². The number of nitrogens with one attached hydrogen (secondary N) is 2. The fourth-order valence-corrected chi connectivity index (χ4v) is 4.47. The van der Waals surface area contributed by atoms with Crippen molar-refractivity contribution in [1.82, 2.24) is 15.0 Å². The average molecular weight is 536 g/mol. The molecule has 5 aromatic rings. The minimum Gasteiger partial charge on any atom is -0.513 e. The Morgan fingerprint density at radius 2 is 1.82 bits per heavy atom. The van der Waals surface area contributed by atoms with Gasteiger partial charge in [-0.1, -0.05) is 38.6 Å². The maximum absolute atomic E-state index is 15.3. The van der Waals surface area contributed by atoms with Crippen molar-refractivity contribution < 1.29 is 27.4 Å². The molecule has 9 heteroatoms. The van der Waals surface area contributed by atoms with Gasteiger partial charge in [0.2, 0.25) is 0 Å². The molecule has 3 N–H and O–H groups in total. The molecule has 2 heterocycles. The Bertz CT molecular complexity index is 1690. The van der Waals surface area contributed by atoms with Crippen LogP contribution >= 0.6 is 0 Å². The summed E-state index contributed by atoms with van der Waals surface area (Å²) in [4.78, 5) is 10.0. The molecular weight excluding hydrogens is 510 g/mol. The van der Waals surface area contributed by atoms with Gasteiger partial charge in [-0.2, -0.15) is 0 Å². The third-order valence-corrected chi connectivity index (χ3v) is 6.85. The minimum absolute atomic E-state index is 0.00317. The fraction of sp³-hybridized carbons (Fsp3) is 0.167. The summed E-state index contributed by atoms with van der Waals surface area (Å²) >= 11 is 0. The molecule has 0 aliphatic carbocycles. The summed E-state index contributed by atoms with van der Waals surface area (Å²) in [6.45, 7) is 7.06. The second-order valence-corrected chi connectivity index (χ2v) is 9.51. The van der Waals surface area contributed by atoms with Gasteiger partial charge in [0.05, 0.1) is 16.8 Å². The zero-order valence-electron chi connectivity index (χ0n) is 21.2. The molecule has 0 saturated carbocycles. The number of imidazole rings is 1. The van der Waals surface area contributed by atoms with Crippen LogP contribution in [0.3, 0.4) is 0 Å². The van der Waals surface area contributed by atoms with E-state index in [-0.39, 0.29) is 46.1 Å². The van der Waals surface area contributed by atoms with Crippen LogP contribution in [-0.4, -0.2) is 20.1 Å². The fourth-order valence-electron chi connectivity index (χ4n) is 4.47. The van der Waals surface area contributed by atoms with Crippen LogP contribution in [0.25, 0.3) is 22.3 Å². The molecule has 0 aliphatic rings. The smallest absolute Gasteiger partial charge is 0.199 e. The first-order valence-electron chi connectivity index (χ1n) is 12.3. The topological polar surface area (TPSA) is 73.9 Å². The minimum atomic E-state index is -0.913. The Balaban J connectivity index is 1.43. The molecule has 2 atom stereocenters. The Hall–Kier alpha value is -4.53. The van der Waals surface area contributed by atoms with E-state index in [2.05, 4.69) is 21.5 Å². The Morgan fingerprint density at radius 1 is 1.03 bits per heavy atom. The van der Waals surface area contributed by atoms with E-state index in [0.29, 0.717) is 16.8 Å². The van der Waals surface area contributed by atoms with Crippen molar-refractivity contribution in [1.29, 1.82) is 0 Å². The Morgan fingerprint density at radius 3 is 2.59 bits per heavy atom. The highest BCUT2D eigenvalue weighted by Crippen LogP contribution is 2.35. The lowest BCUT2D eigenvalue weighted by molar-refractivity contribution is 0.341. The number of H-pyrrole nitrogens is 2. The first kappa shape index (κ1) is 26.1. The van der Waals surface area contributed by atoms with Crippen LogP contribution in [0.5, 0.6) is 11.5 Å². The molecule has 5 nitrogen and oxygen atoms in total. The maximum Gasteiger partial charge on any atom is 0.199 e. The van der Waals surface area contributed by atoms with Gasteiger partial charge < -0.3 is 19.8 Å². The van der Waals surface area contributed by atoms with Crippen molar-refractivity contribution in [3.63, 3.8) is 0 Å². The Labute approximate surface area is 221 Å². The third kappa shape index (κ3) is 4.99. The zero-order valence-corrected chi connectivity index (χ0v) is 21.2. The number of ether oxygens (including phenoxy) is 1. The van der Waals surface area contributed by atoms with Crippen molar-refractivity contribution in [3.8, 4) is 22.9 Å². The largest absolute Gasteiger partial charge is 0.513 e. The number of fused-ring (bicyclic) bond motifs is 1. The maximum atomic E-state index is 15.3. The molecule has 0 aliphatic heterocycles. The normalized spacial score (nSPS) is 13.0. The molecule has 2 unspecified atom stereocenters. The number of aliphatic hydroxyl groups excluding tert-OH is 1. The number of benzene rings is 3. The average Bonchev–Trinajstić information content (AvgIpc) is 3.58. The van der Waals surface area contributed by atoms with Crippen LogP contribution in [0.2, 0.25) is 0 Å². The van der Waals surface area contributed by atoms with Gasteiger partial charge in [-0.3, -0.25) is 0 Å². The second kappa shape index (κ2) is 10.3. The van der Waals surface area contributed by atoms with Crippen molar-refractivity contribution in [2.24, 2.45) is 5.92 Å².